The van der Waals surface area contributed by atoms with Gasteiger partial charge in [-0.2, -0.15) is 0 Å². The van der Waals surface area contributed by atoms with Gasteiger partial charge in [0.2, 0.25) is 5.91 Å². The van der Waals surface area contributed by atoms with E-state index in [9.17, 15) is 4.79 Å². The molecule has 1 N–H and O–H groups in total. The number of nitrogens with one attached hydrogen (secondary N) is 1. The van der Waals surface area contributed by atoms with Crippen molar-refractivity contribution in [3.05, 3.63) is 18.1 Å². The van der Waals surface area contributed by atoms with Gasteiger partial charge in [-0.05, 0) is 25.8 Å². The molecule has 5 nitrogen and oxygen atoms in total. The minimum atomic E-state index is 0.237. The molecule has 0 atom stereocenters. The summed E-state index contributed by atoms with van der Waals surface area (Å²) < 4.78 is 0. The van der Waals surface area contributed by atoms with E-state index in [2.05, 4.69) is 15.3 Å². The number of amides is 1. The number of likely N-dealkylation sites (tertiary alicyclic amines) is 1. The average Bonchev–Trinajstić information content (AvgIpc) is 2.82. The molecule has 1 aliphatic rings. The van der Waals surface area contributed by atoms with E-state index < -0.39 is 0 Å². The van der Waals surface area contributed by atoms with Crippen molar-refractivity contribution < 1.29 is 4.79 Å². The lowest BCUT2D eigenvalue weighted by atomic mass is 10.3. The molecule has 1 aromatic rings. The van der Waals surface area contributed by atoms with Gasteiger partial charge in [0.1, 0.15) is 11.6 Å². The van der Waals surface area contributed by atoms with Gasteiger partial charge >= 0.3 is 0 Å². The third-order valence-electron chi connectivity index (χ3n) is 2.88. The number of hydrogen-bond acceptors (Lipinski definition) is 4. The number of aromatic nitrogens is 2. The second kappa shape index (κ2) is 5.61. The summed E-state index contributed by atoms with van der Waals surface area (Å²) in [6.07, 6.45) is 4.53. The molecule has 0 unspecified atom stereocenters. The van der Waals surface area contributed by atoms with Crippen molar-refractivity contribution in [3.8, 4) is 0 Å². The van der Waals surface area contributed by atoms with E-state index in [4.69, 9.17) is 0 Å². The van der Waals surface area contributed by atoms with Crippen LogP contribution in [0.25, 0.3) is 0 Å². The highest BCUT2D eigenvalue weighted by Crippen LogP contribution is 2.09. The van der Waals surface area contributed by atoms with Crippen LogP contribution >= 0.6 is 0 Å². The Morgan fingerprint density at radius 1 is 1.47 bits per heavy atom. The molecule has 2 rings (SSSR count). The summed E-state index contributed by atoms with van der Waals surface area (Å²) in [5.74, 6) is 1.76. The van der Waals surface area contributed by atoms with Crippen molar-refractivity contribution >= 4 is 11.7 Å². The predicted molar refractivity (Wildman–Crippen MR) is 65.7 cm³/mol. The van der Waals surface area contributed by atoms with Crippen LogP contribution in [0.3, 0.4) is 0 Å². The molecule has 1 fully saturated rings. The number of nitrogens with zero attached hydrogens (tertiary/aromatic N) is 3. The average molecular weight is 234 g/mol. The van der Waals surface area contributed by atoms with Gasteiger partial charge in [-0.3, -0.25) is 4.79 Å². The molecule has 0 aromatic carbocycles. The van der Waals surface area contributed by atoms with E-state index in [1.165, 1.54) is 0 Å². The number of carbonyl (C=O) groups is 1. The highest BCUT2D eigenvalue weighted by Gasteiger charge is 2.16. The van der Waals surface area contributed by atoms with Crippen molar-refractivity contribution in [3.63, 3.8) is 0 Å². The Balaban J connectivity index is 1.73. The van der Waals surface area contributed by atoms with Crippen molar-refractivity contribution in [1.82, 2.24) is 14.9 Å². The highest BCUT2D eigenvalue weighted by molar-refractivity contribution is 5.76. The molecule has 1 saturated heterocycles. The van der Waals surface area contributed by atoms with Gasteiger partial charge in [0, 0.05) is 32.3 Å². The molecule has 1 amide bonds. The fourth-order valence-corrected chi connectivity index (χ4v) is 1.98. The van der Waals surface area contributed by atoms with Crippen molar-refractivity contribution in [2.24, 2.45) is 0 Å². The number of rotatable bonds is 4. The molecule has 92 valence electrons. The van der Waals surface area contributed by atoms with Crippen LogP contribution in [0.1, 0.15) is 25.1 Å². The van der Waals surface area contributed by atoms with E-state index in [-0.39, 0.29) is 5.91 Å². The molecule has 0 radical (unpaired) electrons. The summed E-state index contributed by atoms with van der Waals surface area (Å²) in [6, 6.07) is 1.81. The molecule has 5 heteroatoms. The SMILES string of the molecule is Cc1nccc(NCCC(=O)N2CCCC2)n1. The van der Waals surface area contributed by atoms with Gasteiger partial charge < -0.3 is 10.2 Å². The van der Waals surface area contributed by atoms with Gasteiger partial charge in [-0.15, -0.1) is 0 Å². The zero-order valence-corrected chi connectivity index (χ0v) is 10.1. The number of anilines is 1. The topological polar surface area (TPSA) is 58.1 Å². The maximum Gasteiger partial charge on any atom is 0.224 e. The Morgan fingerprint density at radius 2 is 2.24 bits per heavy atom. The zero-order valence-electron chi connectivity index (χ0n) is 10.1. The summed E-state index contributed by atoms with van der Waals surface area (Å²) >= 11 is 0. The molecule has 17 heavy (non-hydrogen) atoms. The van der Waals surface area contributed by atoms with Crippen molar-refractivity contribution in [1.29, 1.82) is 0 Å². The van der Waals surface area contributed by atoms with Crippen molar-refractivity contribution in [2.45, 2.75) is 26.2 Å². The van der Waals surface area contributed by atoms with Gasteiger partial charge in [0.25, 0.3) is 0 Å². The van der Waals surface area contributed by atoms with Gasteiger partial charge in [0.05, 0.1) is 0 Å². The second-order valence-corrected chi connectivity index (χ2v) is 4.25. The maximum absolute atomic E-state index is 11.8. The summed E-state index contributed by atoms with van der Waals surface area (Å²) in [5.41, 5.74) is 0. The van der Waals surface area contributed by atoms with E-state index in [0.29, 0.717) is 13.0 Å². The van der Waals surface area contributed by atoms with Crippen LogP contribution < -0.4 is 5.32 Å². The van der Waals surface area contributed by atoms with Gasteiger partial charge in [0.15, 0.2) is 0 Å². The summed E-state index contributed by atoms with van der Waals surface area (Å²) in [4.78, 5) is 21.9. The van der Waals surface area contributed by atoms with Crippen molar-refractivity contribution in [2.75, 3.05) is 25.0 Å². The molecule has 0 saturated carbocycles. The monoisotopic (exact) mass is 234 g/mol. The van der Waals surface area contributed by atoms with Crippen LogP contribution in [0, 0.1) is 6.92 Å². The first-order chi connectivity index (χ1) is 8.25. The molecule has 1 aliphatic heterocycles. The van der Waals surface area contributed by atoms with E-state index >= 15 is 0 Å². The number of carbonyl (C=O) groups excluding carboxylic acids is 1. The Labute approximate surface area is 101 Å². The molecule has 0 bridgehead atoms. The third kappa shape index (κ3) is 3.41. The first kappa shape index (κ1) is 11.8. The molecular weight excluding hydrogens is 216 g/mol. The molecule has 0 aliphatic carbocycles. The standard InChI is InChI=1S/C12H18N4O/c1-10-13-6-4-11(15-10)14-7-5-12(17)16-8-2-3-9-16/h4,6H,2-3,5,7-9H2,1H3,(H,13,14,15). The largest absolute Gasteiger partial charge is 0.369 e. The fraction of sp³-hybridized carbons (Fsp3) is 0.583. The van der Waals surface area contributed by atoms with E-state index in [0.717, 1.165) is 37.6 Å². The minimum absolute atomic E-state index is 0.237. The maximum atomic E-state index is 11.8. The zero-order chi connectivity index (χ0) is 12.1. The Hall–Kier alpha value is -1.65. The summed E-state index contributed by atoms with van der Waals surface area (Å²) in [7, 11) is 0. The van der Waals surface area contributed by atoms with Crippen LogP contribution in [0.2, 0.25) is 0 Å². The summed E-state index contributed by atoms with van der Waals surface area (Å²) in [5, 5.41) is 3.14. The normalized spacial score (nSPS) is 15.0. The Kier molecular flexibility index (Phi) is 3.90. The van der Waals surface area contributed by atoms with Gasteiger partial charge in [-0.1, -0.05) is 0 Å². The van der Waals surface area contributed by atoms with Crippen LogP contribution in [0.5, 0.6) is 0 Å². The van der Waals surface area contributed by atoms with E-state index in [1.54, 1.807) is 6.20 Å². The third-order valence-corrected chi connectivity index (χ3v) is 2.88. The highest BCUT2D eigenvalue weighted by atomic mass is 16.2. The Morgan fingerprint density at radius 3 is 2.94 bits per heavy atom. The number of hydrogen-bond donors (Lipinski definition) is 1. The van der Waals surface area contributed by atoms with Crippen LogP contribution in [0.4, 0.5) is 5.82 Å². The molecule has 2 heterocycles. The quantitative estimate of drug-likeness (QED) is 0.850. The smallest absolute Gasteiger partial charge is 0.224 e. The lowest BCUT2D eigenvalue weighted by molar-refractivity contribution is -0.129. The van der Waals surface area contributed by atoms with Crippen LogP contribution in [-0.2, 0) is 4.79 Å². The van der Waals surface area contributed by atoms with Crippen LogP contribution in [-0.4, -0.2) is 40.4 Å². The number of aryl methyl sites for hydroxylation is 1. The lowest BCUT2D eigenvalue weighted by Crippen LogP contribution is -2.29. The minimum Gasteiger partial charge on any atom is -0.369 e. The fourth-order valence-electron chi connectivity index (χ4n) is 1.98. The molecule has 0 spiro atoms. The molecule has 1 aromatic heterocycles. The van der Waals surface area contributed by atoms with E-state index in [1.807, 2.05) is 17.9 Å². The van der Waals surface area contributed by atoms with Gasteiger partial charge in [-0.25, -0.2) is 9.97 Å². The predicted octanol–water partition coefficient (Wildman–Crippen LogP) is 1.21. The first-order valence-electron chi connectivity index (χ1n) is 6.07. The lowest BCUT2D eigenvalue weighted by Gasteiger charge is -2.15. The Bertz CT molecular complexity index is 388. The first-order valence-corrected chi connectivity index (χ1v) is 6.07. The summed E-state index contributed by atoms with van der Waals surface area (Å²) in [6.45, 7) is 4.32. The van der Waals surface area contributed by atoms with Crippen LogP contribution in [0.15, 0.2) is 12.3 Å². The molecular formula is C12H18N4O. The second-order valence-electron chi connectivity index (χ2n) is 4.25.